The maximum absolute atomic E-state index is 13.7. The molecule has 11 heteroatoms. The number of carbonyl (C=O) groups is 3. The predicted molar refractivity (Wildman–Crippen MR) is 172 cm³/mol. The summed E-state index contributed by atoms with van der Waals surface area (Å²) in [5, 5.41) is 11.7. The molecular weight excluding hydrogens is 596 g/mol. The Labute approximate surface area is 267 Å². The van der Waals surface area contributed by atoms with Gasteiger partial charge in [0.1, 0.15) is 16.4 Å². The highest BCUT2D eigenvalue weighted by Crippen LogP contribution is 2.45. The molecule has 0 aliphatic carbocycles. The van der Waals surface area contributed by atoms with Crippen LogP contribution in [0.15, 0.2) is 48.0 Å². The van der Waals surface area contributed by atoms with E-state index in [4.69, 9.17) is 18.9 Å². The Balaban J connectivity index is 1.83. The van der Waals surface area contributed by atoms with Crippen LogP contribution in [0.5, 0.6) is 17.2 Å². The Morgan fingerprint density at radius 1 is 1.04 bits per heavy atom. The van der Waals surface area contributed by atoms with Crippen LogP contribution in [0.3, 0.4) is 0 Å². The van der Waals surface area contributed by atoms with Gasteiger partial charge < -0.3 is 24.1 Å². The number of nitrogens with zero attached hydrogens (tertiary/aromatic N) is 2. The molecule has 1 aliphatic rings. The first-order valence-corrected chi connectivity index (χ1v) is 15.9. The Hall–Kier alpha value is -4.38. The SMILES string of the molecule is CCCCOc1ccc(C(O)=C2C(=O)C(=O)N(c3nc(C)c(C(=O)OCC)s3)C2c2ccc(OCCC(C)C)c(OC)c2)cc1. The van der Waals surface area contributed by atoms with Crippen molar-refractivity contribution >= 4 is 39.9 Å². The topological polar surface area (TPSA) is 124 Å². The summed E-state index contributed by atoms with van der Waals surface area (Å²) < 4.78 is 22.5. The number of esters is 1. The van der Waals surface area contributed by atoms with Crippen LogP contribution in [-0.2, 0) is 14.3 Å². The van der Waals surface area contributed by atoms with Gasteiger partial charge in [0.05, 0.1) is 44.2 Å². The summed E-state index contributed by atoms with van der Waals surface area (Å²) in [5.74, 6) is -0.712. The van der Waals surface area contributed by atoms with Crippen molar-refractivity contribution in [2.45, 2.75) is 59.9 Å². The number of aliphatic hydroxyl groups is 1. The molecule has 4 rings (SSSR count). The maximum Gasteiger partial charge on any atom is 0.350 e. The number of methoxy groups -OCH3 is 1. The fraction of sp³-hybridized carbons (Fsp3) is 0.412. The van der Waals surface area contributed by atoms with Gasteiger partial charge in [0.2, 0.25) is 0 Å². The van der Waals surface area contributed by atoms with Gasteiger partial charge in [-0.3, -0.25) is 14.5 Å². The number of anilines is 1. The van der Waals surface area contributed by atoms with Gasteiger partial charge in [-0.2, -0.15) is 0 Å². The first kappa shape index (κ1) is 33.5. The molecule has 2 heterocycles. The molecule has 1 aliphatic heterocycles. The number of aromatic nitrogens is 1. The summed E-state index contributed by atoms with van der Waals surface area (Å²) in [4.78, 5) is 45.9. The molecule has 1 aromatic heterocycles. The standard InChI is InChI=1S/C34H40N2O8S/c1-7-9-17-43-24-13-10-22(11-14-24)29(37)27-28(23-12-15-25(26(19-23)41-6)44-18-16-20(3)4)36(32(39)30(27)38)34-35-21(5)31(45-34)33(40)42-8-2/h10-15,19-20,28,37H,7-9,16-18H2,1-6H3. The third-order valence-corrected chi connectivity index (χ3v) is 8.38. The summed E-state index contributed by atoms with van der Waals surface area (Å²) in [5.41, 5.74) is 1.05. The van der Waals surface area contributed by atoms with Gasteiger partial charge in [-0.05, 0) is 74.6 Å². The fourth-order valence-corrected chi connectivity index (χ4v) is 5.78. The van der Waals surface area contributed by atoms with E-state index in [2.05, 4.69) is 25.8 Å². The number of thiazole rings is 1. The average Bonchev–Trinajstić information content (AvgIpc) is 3.53. The van der Waals surface area contributed by atoms with Gasteiger partial charge in [-0.1, -0.05) is 44.6 Å². The van der Waals surface area contributed by atoms with Crippen LogP contribution in [0.2, 0.25) is 0 Å². The van der Waals surface area contributed by atoms with Crippen molar-refractivity contribution in [1.82, 2.24) is 4.98 Å². The van der Waals surface area contributed by atoms with Crippen molar-refractivity contribution in [1.29, 1.82) is 0 Å². The molecule has 0 spiro atoms. The zero-order valence-electron chi connectivity index (χ0n) is 26.5. The molecule has 3 aromatic rings. The van der Waals surface area contributed by atoms with Gasteiger partial charge in [0.25, 0.3) is 5.78 Å². The van der Waals surface area contributed by atoms with E-state index in [0.717, 1.165) is 30.6 Å². The molecule has 10 nitrogen and oxygen atoms in total. The minimum Gasteiger partial charge on any atom is -0.507 e. The van der Waals surface area contributed by atoms with E-state index in [-0.39, 0.29) is 27.9 Å². The van der Waals surface area contributed by atoms with Gasteiger partial charge in [0.15, 0.2) is 16.6 Å². The summed E-state index contributed by atoms with van der Waals surface area (Å²) in [7, 11) is 1.51. The minimum absolute atomic E-state index is 0.123. The average molecular weight is 637 g/mol. The normalized spacial score (nSPS) is 15.9. The van der Waals surface area contributed by atoms with Crippen LogP contribution in [0.1, 0.15) is 79.5 Å². The monoisotopic (exact) mass is 636 g/mol. The lowest BCUT2D eigenvalue weighted by atomic mass is 9.95. The number of ketones is 1. The Bertz CT molecular complexity index is 1560. The molecule has 240 valence electrons. The Morgan fingerprint density at radius 3 is 2.42 bits per heavy atom. The first-order valence-electron chi connectivity index (χ1n) is 15.1. The van der Waals surface area contributed by atoms with Gasteiger partial charge in [0, 0.05) is 5.56 Å². The van der Waals surface area contributed by atoms with E-state index < -0.39 is 23.7 Å². The summed E-state index contributed by atoms with van der Waals surface area (Å²) in [6, 6.07) is 10.7. The number of hydrogen-bond acceptors (Lipinski definition) is 10. The number of ether oxygens (including phenoxy) is 4. The second kappa shape index (κ2) is 15.1. The van der Waals surface area contributed by atoms with Gasteiger partial charge >= 0.3 is 11.9 Å². The van der Waals surface area contributed by atoms with Crippen LogP contribution in [0.4, 0.5) is 5.13 Å². The number of rotatable bonds is 14. The number of carbonyl (C=O) groups excluding carboxylic acids is 3. The van der Waals surface area contributed by atoms with Crippen molar-refractivity contribution < 1.29 is 38.4 Å². The van der Waals surface area contributed by atoms with E-state index in [1.807, 2.05) is 0 Å². The molecule has 1 amide bonds. The second-order valence-corrected chi connectivity index (χ2v) is 11.9. The van der Waals surface area contributed by atoms with Crippen molar-refractivity contribution in [3.63, 3.8) is 0 Å². The Kier molecular flexibility index (Phi) is 11.2. The molecular formula is C34H40N2O8S. The highest BCUT2D eigenvalue weighted by Gasteiger charge is 2.48. The molecule has 1 fully saturated rings. The van der Waals surface area contributed by atoms with Crippen molar-refractivity contribution in [2.75, 3.05) is 31.8 Å². The van der Waals surface area contributed by atoms with E-state index in [1.165, 1.54) is 12.0 Å². The molecule has 45 heavy (non-hydrogen) atoms. The molecule has 1 atom stereocenters. The fourth-order valence-electron chi connectivity index (χ4n) is 4.79. The number of aliphatic hydroxyl groups excluding tert-OH is 1. The summed E-state index contributed by atoms with van der Waals surface area (Å²) >= 11 is 0.947. The number of Topliss-reactive ketones (excluding diaryl/α,β-unsaturated/α-hetero) is 1. The van der Waals surface area contributed by atoms with Crippen LogP contribution >= 0.6 is 11.3 Å². The smallest absolute Gasteiger partial charge is 0.350 e. The number of unbranched alkanes of at least 4 members (excludes halogenated alkanes) is 1. The molecule has 1 saturated heterocycles. The number of aryl methyl sites for hydroxylation is 1. The van der Waals surface area contributed by atoms with E-state index in [9.17, 15) is 19.5 Å². The zero-order valence-corrected chi connectivity index (χ0v) is 27.4. The van der Waals surface area contributed by atoms with E-state index >= 15 is 0 Å². The van der Waals surface area contributed by atoms with Crippen molar-refractivity contribution in [3.8, 4) is 17.2 Å². The second-order valence-electron chi connectivity index (χ2n) is 11.0. The summed E-state index contributed by atoms with van der Waals surface area (Å²) in [6.07, 6.45) is 2.75. The first-order chi connectivity index (χ1) is 21.6. The van der Waals surface area contributed by atoms with Crippen molar-refractivity contribution in [2.24, 2.45) is 5.92 Å². The van der Waals surface area contributed by atoms with Gasteiger partial charge in [-0.25, -0.2) is 9.78 Å². The Morgan fingerprint density at radius 2 is 1.78 bits per heavy atom. The van der Waals surface area contributed by atoms with E-state index in [0.29, 0.717) is 53.2 Å². The van der Waals surface area contributed by atoms with Crippen LogP contribution in [0, 0.1) is 12.8 Å². The van der Waals surface area contributed by atoms with Crippen molar-refractivity contribution in [3.05, 3.63) is 69.7 Å². The third kappa shape index (κ3) is 7.47. The quantitative estimate of drug-likeness (QED) is 0.0664. The largest absolute Gasteiger partial charge is 0.507 e. The lowest BCUT2D eigenvalue weighted by Crippen LogP contribution is -2.29. The maximum atomic E-state index is 13.7. The lowest BCUT2D eigenvalue weighted by Gasteiger charge is -2.24. The minimum atomic E-state index is -1.08. The highest BCUT2D eigenvalue weighted by molar-refractivity contribution is 7.17. The van der Waals surface area contributed by atoms with Crippen LogP contribution < -0.4 is 19.1 Å². The zero-order chi connectivity index (χ0) is 32.7. The molecule has 0 saturated carbocycles. The number of benzene rings is 2. The molecule has 2 aromatic carbocycles. The highest BCUT2D eigenvalue weighted by atomic mass is 32.1. The molecule has 0 bridgehead atoms. The third-order valence-electron chi connectivity index (χ3n) is 7.25. The van der Waals surface area contributed by atoms with Gasteiger partial charge in [-0.15, -0.1) is 0 Å². The molecule has 1 N–H and O–H groups in total. The lowest BCUT2D eigenvalue weighted by molar-refractivity contribution is -0.132. The number of amides is 1. The van der Waals surface area contributed by atoms with Crippen LogP contribution in [-0.4, -0.2) is 54.7 Å². The molecule has 0 radical (unpaired) electrons. The predicted octanol–water partition coefficient (Wildman–Crippen LogP) is 6.87. The number of hydrogen-bond donors (Lipinski definition) is 1. The van der Waals surface area contributed by atoms with Crippen LogP contribution in [0.25, 0.3) is 5.76 Å². The molecule has 1 unspecified atom stereocenters. The summed E-state index contributed by atoms with van der Waals surface area (Å²) in [6.45, 7) is 10.8. The van der Waals surface area contributed by atoms with E-state index in [1.54, 1.807) is 56.3 Å².